The van der Waals surface area contributed by atoms with E-state index in [0.717, 1.165) is 27.8 Å². The minimum atomic E-state index is -0.0774. The molecule has 0 amide bonds. The van der Waals surface area contributed by atoms with Crippen LogP contribution in [0.4, 0.5) is 0 Å². The van der Waals surface area contributed by atoms with Gasteiger partial charge in [0.25, 0.3) is 0 Å². The molecule has 5 aromatic carbocycles. The smallest absolute Gasteiger partial charge is 0.218 e. The molecule has 3 aliphatic rings. The second-order valence-electron chi connectivity index (χ2n) is 12.2. The predicted octanol–water partition coefficient (Wildman–Crippen LogP) is 9.71. The molecule has 220 valence electrons. The number of nitrogens with zero attached hydrogens (tertiary/aromatic N) is 4. The molecule has 2 atom stereocenters. The van der Waals surface area contributed by atoms with Gasteiger partial charge < -0.3 is 4.74 Å². The standard InChI is InChI=1S/C42H26N4O/c1-2-9-26(10-3-1)39-44-40(46-41(45-39)34-21-22-43-42-38(34)33-14-6-7-16-36(33)47-42)27-19-17-25(18-20-27)29-23-28-11-8-15-32-30-12-4-5-13-31(30)35(24-29)37(28)32/h1-24,33,36H. The normalized spacial score (nSPS) is 16.5. The third kappa shape index (κ3) is 4.10. The Morgan fingerprint density at radius 1 is 0.489 bits per heavy atom. The van der Waals surface area contributed by atoms with Crippen LogP contribution in [0.3, 0.4) is 0 Å². The molecule has 0 spiro atoms. The van der Waals surface area contributed by atoms with Crippen molar-refractivity contribution in [1.29, 1.82) is 0 Å². The molecule has 0 saturated carbocycles. The summed E-state index contributed by atoms with van der Waals surface area (Å²) in [5.74, 6) is 2.55. The number of rotatable bonds is 4. The minimum Gasteiger partial charge on any atom is -0.469 e. The maximum Gasteiger partial charge on any atom is 0.218 e. The average Bonchev–Trinajstić information content (AvgIpc) is 3.69. The van der Waals surface area contributed by atoms with E-state index in [-0.39, 0.29) is 12.0 Å². The highest BCUT2D eigenvalue weighted by Gasteiger charge is 2.36. The lowest BCUT2D eigenvalue weighted by molar-refractivity contribution is 0.260. The summed E-state index contributed by atoms with van der Waals surface area (Å²) in [4.78, 5) is 19.6. The predicted molar refractivity (Wildman–Crippen MR) is 187 cm³/mol. The molecule has 3 heterocycles. The largest absolute Gasteiger partial charge is 0.469 e. The van der Waals surface area contributed by atoms with E-state index in [1.807, 2.05) is 42.5 Å². The van der Waals surface area contributed by atoms with Gasteiger partial charge >= 0.3 is 0 Å². The number of ether oxygens (including phenoxy) is 1. The molecule has 47 heavy (non-hydrogen) atoms. The number of allylic oxidation sites excluding steroid dienone is 2. The van der Waals surface area contributed by atoms with Gasteiger partial charge in [0.15, 0.2) is 17.5 Å². The van der Waals surface area contributed by atoms with Crippen molar-refractivity contribution in [3.63, 3.8) is 0 Å². The van der Waals surface area contributed by atoms with Crippen LogP contribution >= 0.6 is 0 Å². The third-order valence-corrected chi connectivity index (χ3v) is 9.49. The average molecular weight is 603 g/mol. The van der Waals surface area contributed by atoms with Crippen LogP contribution in [-0.2, 0) is 0 Å². The molecule has 0 bridgehead atoms. The first kappa shape index (κ1) is 26.1. The van der Waals surface area contributed by atoms with E-state index < -0.39 is 0 Å². The molecule has 10 rings (SSSR count). The van der Waals surface area contributed by atoms with E-state index in [1.54, 1.807) is 6.20 Å². The summed E-state index contributed by atoms with van der Waals surface area (Å²) in [6.45, 7) is 0. The topological polar surface area (TPSA) is 60.8 Å². The number of pyridine rings is 1. The minimum absolute atomic E-state index is 0.0595. The van der Waals surface area contributed by atoms with Gasteiger partial charge in [0.1, 0.15) is 6.10 Å². The van der Waals surface area contributed by atoms with Crippen molar-refractivity contribution >= 4 is 10.8 Å². The summed E-state index contributed by atoms with van der Waals surface area (Å²) in [6, 6.07) is 40.5. The molecule has 0 N–H and O–H groups in total. The van der Waals surface area contributed by atoms with Crippen molar-refractivity contribution in [3.8, 4) is 73.4 Å². The van der Waals surface area contributed by atoms with Gasteiger partial charge in [0.05, 0.1) is 0 Å². The van der Waals surface area contributed by atoms with Crippen LogP contribution in [0.15, 0.2) is 146 Å². The van der Waals surface area contributed by atoms with Gasteiger partial charge in [-0.1, -0.05) is 115 Å². The first-order valence-corrected chi connectivity index (χ1v) is 15.9. The molecule has 7 aromatic rings. The summed E-state index contributed by atoms with van der Waals surface area (Å²) in [5, 5.41) is 2.59. The zero-order valence-corrected chi connectivity index (χ0v) is 25.2. The van der Waals surface area contributed by atoms with Crippen LogP contribution in [0.25, 0.3) is 78.3 Å². The van der Waals surface area contributed by atoms with E-state index in [4.69, 9.17) is 19.7 Å². The second kappa shape index (κ2) is 10.2. The lowest BCUT2D eigenvalue weighted by Gasteiger charge is -2.15. The Hall–Kier alpha value is -6.20. The first-order valence-electron chi connectivity index (χ1n) is 15.9. The number of aromatic nitrogens is 4. The number of hydrogen-bond donors (Lipinski definition) is 0. The maximum atomic E-state index is 6.20. The number of fused-ring (bicyclic) bond motifs is 6. The fourth-order valence-electron chi connectivity index (χ4n) is 7.29. The van der Waals surface area contributed by atoms with E-state index >= 15 is 0 Å². The maximum absolute atomic E-state index is 6.20. The molecular formula is C42H26N4O. The molecule has 1 aliphatic heterocycles. The highest BCUT2D eigenvalue weighted by Crippen LogP contribution is 2.49. The number of hydrogen-bond acceptors (Lipinski definition) is 5. The monoisotopic (exact) mass is 602 g/mol. The molecule has 5 nitrogen and oxygen atoms in total. The van der Waals surface area contributed by atoms with Crippen LogP contribution in [0.2, 0.25) is 0 Å². The quantitative estimate of drug-likeness (QED) is 0.201. The number of benzene rings is 5. The summed E-state index contributed by atoms with van der Waals surface area (Å²) >= 11 is 0. The van der Waals surface area contributed by atoms with Gasteiger partial charge in [-0.05, 0) is 68.4 Å². The lowest BCUT2D eigenvalue weighted by Crippen LogP contribution is -2.16. The molecule has 2 aliphatic carbocycles. The van der Waals surface area contributed by atoms with Crippen LogP contribution in [0.5, 0.6) is 5.88 Å². The first-order chi connectivity index (χ1) is 23.3. The summed E-state index contributed by atoms with van der Waals surface area (Å²) in [5.41, 5.74) is 11.3. The van der Waals surface area contributed by atoms with Crippen molar-refractivity contribution in [1.82, 2.24) is 19.9 Å². The lowest BCUT2D eigenvalue weighted by atomic mass is 9.89. The summed E-state index contributed by atoms with van der Waals surface area (Å²) < 4.78 is 6.20. The Morgan fingerprint density at radius 2 is 1.17 bits per heavy atom. The van der Waals surface area contributed by atoms with Gasteiger partial charge in [0, 0.05) is 34.4 Å². The second-order valence-corrected chi connectivity index (χ2v) is 12.2. The van der Waals surface area contributed by atoms with Crippen LogP contribution < -0.4 is 4.74 Å². The zero-order valence-electron chi connectivity index (χ0n) is 25.2. The van der Waals surface area contributed by atoms with Gasteiger partial charge in [0.2, 0.25) is 5.88 Å². The summed E-state index contributed by atoms with van der Waals surface area (Å²) in [7, 11) is 0. The van der Waals surface area contributed by atoms with E-state index in [1.165, 1.54) is 38.6 Å². The van der Waals surface area contributed by atoms with Crippen LogP contribution in [0.1, 0.15) is 11.5 Å². The Labute approximate surface area is 271 Å². The van der Waals surface area contributed by atoms with Gasteiger partial charge in [-0.15, -0.1) is 0 Å². The molecular weight excluding hydrogens is 576 g/mol. The van der Waals surface area contributed by atoms with Gasteiger partial charge in [-0.3, -0.25) is 0 Å². The van der Waals surface area contributed by atoms with Gasteiger partial charge in [-0.2, -0.15) is 0 Å². The van der Waals surface area contributed by atoms with Crippen LogP contribution in [-0.4, -0.2) is 26.0 Å². The fourth-order valence-corrected chi connectivity index (χ4v) is 7.29. The Balaban J connectivity index is 1.08. The van der Waals surface area contributed by atoms with Gasteiger partial charge in [-0.25, -0.2) is 19.9 Å². The zero-order chi connectivity index (χ0) is 30.9. The molecule has 2 unspecified atom stereocenters. The van der Waals surface area contributed by atoms with E-state index in [9.17, 15) is 0 Å². The van der Waals surface area contributed by atoms with Crippen molar-refractivity contribution < 1.29 is 4.74 Å². The van der Waals surface area contributed by atoms with E-state index in [2.05, 4.69) is 102 Å². The van der Waals surface area contributed by atoms with Crippen molar-refractivity contribution in [2.75, 3.05) is 0 Å². The fraction of sp³-hybridized carbons (Fsp3) is 0.0476. The molecule has 0 fully saturated rings. The third-order valence-electron chi connectivity index (χ3n) is 9.49. The van der Waals surface area contributed by atoms with Crippen LogP contribution in [0, 0.1) is 0 Å². The van der Waals surface area contributed by atoms with Crippen molar-refractivity contribution in [2.45, 2.75) is 12.0 Å². The Kier molecular flexibility index (Phi) is 5.63. The van der Waals surface area contributed by atoms with Crippen molar-refractivity contribution in [3.05, 3.63) is 151 Å². The van der Waals surface area contributed by atoms with E-state index in [0.29, 0.717) is 23.4 Å². The Morgan fingerprint density at radius 3 is 2.00 bits per heavy atom. The SMILES string of the molecule is C1=CC2Oc3nccc(-c4nc(-c5ccccc5)nc(-c5ccc(-c6cc7c8c(cccc8c6)-c6ccccc6-7)cc5)n4)c3C2C=C1. The molecule has 5 heteroatoms. The molecule has 2 aromatic heterocycles. The Bertz CT molecular complexity index is 2450. The van der Waals surface area contributed by atoms with Crippen molar-refractivity contribution in [2.24, 2.45) is 0 Å². The highest BCUT2D eigenvalue weighted by atomic mass is 16.5. The molecule has 0 radical (unpaired) electrons. The summed E-state index contributed by atoms with van der Waals surface area (Å²) in [6.07, 6.45) is 10.0. The molecule has 0 saturated heterocycles. The highest BCUT2D eigenvalue weighted by molar-refractivity contribution is 6.16.